The highest BCUT2D eigenvalue weighted by atomic mass is 15.7. The second-order valence-corrected chi connectivity index (χ2v) is 10.8. The van der Waals surface area contributed by atoms with E-state index in [-0.39, 0.29) is 11.1 Å². The summed E-state index contributed by atoms with van der Waals surface area (Å²) in [7, 11) is 4.73. The first-order valence-electron chi connectivity index (χ1n) is 10.1. The summed E-state index contributed by atoms with van der Waals surface area (Å²) in [6, 6.07) is 2.90. The van der Waals surface area contributed by atoms with Gasteiger partial charge < -0.3 is 0 Å². The van der Waals surface area contributed by atoms with E-state index in [4.69, 9.17) is 0 Å². The average Bonchev–Trinajstić information content (AvgIpc) is 2.45. The second-order valence-electron chi connectivity index (χ2n) is 10.8. The second kappa shape index (κ2) is 5.18. The Morgan fingerprint density at radius 1 is 0.542 bits per heavy atom. The van der Waals surface area contributed by atoms with Crippen LogP contribution in [0.2, 0.25) is 0 Å². The van der Waals surface area contributed by atoms with E-state index in [2.05, 4.69) is 75.7 Å². The van der Waals surface area contributed by atoms with Gasteiger partial charge in [-0.15, -0.1) is 0 Å². The molecular weight excluding hydrogens is 296 g/mol. The van der Waals surface area contributed by atoms with E-state index >= 15 is 0 Å². The van der Waals surface area contributed by atoms with Gasteiger partial charge in [-0.3, -0.25) is 0 Å². The minimum atomic E-state index is 0.224. The van der Waals surface area contributed by atoms with Crippen molar-refractivity contribution in [2.24, 2.45) is 11.8 Å². The molecule has 6 fully saturated rings. The van der Waals surface area contributed by atoms with Crippen LogP contribution in [-0.2, 0) is 0 Å². The van der Waals surface area contributed by atoms with Gasteiger partial charge in [0.1, 0.15) is 0 Å². The van der Waals surface area contributed by atoms with Crippen LogP contribution in [0, 0.1) is 11.8 Å². The fourth-order valence-corrected chi connectivity index (χ4v) is 7.16. The molecule has 4 heteroatoms. The van der Waals surface area contributed by atoms with Gasteiger partial charge in [0, 0.05) is 49.3 Å². The standard InChI is InChI=1S/C20H38N4/c1-19(2,3)23-15-11-9-13(21(23)7)18-16-12-10-14(17(15)18)22(8)24(16)20(4,5)6/h13-18H,9-12H2,1-8H3/t13-,14-,15+,16+,17-,18-/m0/s1. The Morgan fingerprint density at radius 2 is 0.833 bits per heavy atom. The van der Waals surface area contributed by atoms with Crippen molar-refractivity contribution in [3.63, 3.8) is 0 Å². The third kappa shape index (κ3) is 2.19. The Morgan fingerprint density at radius 3 is 1.12 bits per heavy atom. The zero-order chi connectivity index (χ0) is 17.6. The van der Waals surface area contributed by atoms with Gasteiger partial charge in [-0.05, 0) is 79.1 Å². The predicted molar refractivity (Wildman–Crippen MR) is 99.3 cm³/mol. The Hall–Kier alpha value is -0.160. The summed E-state index contributed by atoms with van der Waals surface area (Å²) in [6.45, 7) is 14.4. The van der Waals surface area contributed by atoms with Crippen LogP contribution in [0.1, 0.15) is 67.2 Å². The van der Waals surface area contributed by atoms with Gasteiger partial charge in [0.15, 0.2) is 0 Å². The summed E-state index contributed by atoms with van der Waals surface area (Å²) in [5.41, 5.74) is 0.448. The first-order chi connectivity index (χ1) is 11.0. The molecule has 0 unspecified atom stereocenters. The molecule has 0 radical (unpaired) electrons. The molecule has 24 heavy (non-hydrogen) atoms. The van der Waals surface area contributed by atoms with Crippen LogP contribution in [-0.4, -0.2) is 69.4 Å². The highest BCUT2D eigenvalue weighted by molar-refractivity contribution is 5.14. The molecule has 4 heterocycles. The third-order valence-corrected chi connectivity index (χ3v) is 7.38. The van der Waals surface area contributed by atoms with Crippen LogP contribution in [0.15, 0.2) is 0 Å². The average molecular weight is 335 g/mol. The molecule has 0 aromatic carbocycles. The molecule has 4 saturated heterocycles. The monoisotopic (exact) mass is 334 g/mol. The minimum absolute atomic E-state index is 0.224. The predicted octanol–water partition coefficient (Wildman–Crippen LogP) is 3.20. The molecular formula is C20H38N4. The van der Waals surface area contributed by atoms with Gasteiger partial charge in [0.25, 0.3) is 0 Å². The van der Waals surface area contributed by atoms with E-state index in [1.807, 2.05) is 0 Å². The number of hydrogen-bond acceptors (Lipinski definition) is 4. The molecule has 4 aliphatic heterocycles. The number of nitrogens with zero attached hydrogens (tertiary/aromatic N) is 4. The normalized spacial score (nSPS) is 45.0. The Bertz CT molecular complexity index is 459. The van der Waals surface area contributed by atoms with Gasteiger partial charge in [0.05, 0.1) is 0 Å². The van der Waals surface area contributed by atoms with E-state index in [1.54, 1.807) is 0 Å². The zero-order valence-corrected chi connectivity index (χ0v) is 17.1. The molecule has 4 bridgehead atoms. The zero-order valence-electron chi connectivity index (χ0n) is 17.1. The van der Waals surface area contributed by atoms with Crippen molar-refractivity contribution in [3.8, 4) is 0 Å². The lowest BCUT2D eigenvalue weighted by molar-refractivity contribution is -0.315. The van der Waals surface area contributed by atoms with Crippen LogP contribution in [0.5, 0.6) is 0 Å². The lowest BCUT2D eigenvalue weighted by Gasteiger charge is -2.72. The van der Waals surface area contributed by atoms with Crippen LogP contribution in [0.4, 0.5) is 0 Å². The Kier molecular flexibility index (Phi) is 3.73. The molecule has 138 valence electrons. The molecule has 4 nitrogen and oxygen atoms in total. The lowest BCUT2D eigenvalue weighted by atomic mass is 9.57. The van der Waals surface area contributed by atoms with E-state index in [0.29, 0.717) is 0 Å². The van der Waals surface area contributed by atoms with Crippen LogP contribution >= 0.6 is 0 Å². The maximum absolute atomic E-state index is 2.75. The number of hydrogen-bond donors (Lipinski definition) is 0. The van der Waals surface area contributed by atoms with Crippen molar-refractivity contribution in [1.29, 1.82) is 0 Å². The number of hydrazine groups is 2. The van der Waals surface area contributed by atoms with Gasteiger partial charge >= 0.3 is 0 Å². The smallest absolute Gasteiger partial charge is 0.0299 e. The van der Waals surface area contributed by atoms with E-state index in [9.17, 15) is 0 Å². The Balaban J connectivity index is 1.74. The maximum Gasteiger partial charge on any atom is 0.0299 e. The van der Waals surface area contributed by atoms with E-state index in [1.165, 1.54) is 25.7 Å². The molecule has 6 atom stereocenters. The van der Waals surface area contributed by atoms with Crippen molar-refractivity contribution in [2.45, 2.75) is 102 Å². The van der Waals surface area contributed by atoms with Crippen molar-refractivity contribution in [1.82, 2.24) is 20.0 Å². The summed E-state index contributed by atoms with van der Waals surface area (Å²) >= 11 is 0. The summed E-state index contributed by atoms with van der Waals surface area (Å²) < 4.78 is 0. The molecule has 0 aromatic heterocycles. The fraction of sp³-hybridized carbons (Fsp3) is 1.00. The van der Waals surface area contributed by atoms with Gasteiger partial charge in [0.2, 0.25) is 0 Å². The summed E-state index contributed by atoms with van der Waals surface area (Å²) in [5, 5.41) is 10.8. The third-order valence-electron chi connectivity index (χ3n) is 7.38. The number of rotatable bonds is 0. The molecule has 2 aliphatic carbocycles. The van der Waals surface area contributed by atoms with Crippen LogP contribution in [0.25, 0.3) is 0 Å². The highest BCUT2D eigenvalue weighted by Gasteiger charge is 2.64. The molecule has 2 saturated carbocycles. The topological polar surface area (TPSA) is 13.0 Å². The number of fused-ring (bicyclic) bond motifs is 4. The molecule has 0 amide bonds. The maximum atomic E-state index is 2.75. The first kappa shape index (κ1) is 17.3. The van der Waals surface area contributed by atoms with Crippen LogP contribution in [0.3, 0.4) is 0 Å². The molecule has 6 aliphatic rings. The van der Waals surface area contributed by atoms with Gasteiger partial charge in [-0.1, -0.05) is 0 Å². The van der Waals surface area contributed by atoms with Crippen molar-refractivity contribution in [2.75, 3.05) is 14.1 Å². The lowest BCUT2D eigenvalue weighted by Crippen LogP contribution is -2.82. The molecule has 0 aromatic rings. The summed E-state index contributed by atoms with van der Waals surface area (Å²) in [6.07, 6.45) is 5.56. The van der Waals surface area contributed by atoms with Crippen molar-refractivity contribution >= 4 is 0 Å². The minimum Gasteiger partial charge on any atom is -0.241 e. The quantitative estimate of drug-likeness (QED) is 0.674. The van der Waals surface area contributed by atoms with Crippen molar-refractivity contribution in [3.05, 3.63) is 0 Å². The van der Waals surface area contributed by atoms with Crippen LogP contribution < -0.4 is 0 Å². The largest absolute Gasteiger partial charge is 0.241 e. The Labute approximate surface area is 149 Å². The first-order valence-corrected chi connectivity index (χ1v) is 10.1. The molecule has 6 rings (SSSR count). The van der Waals surface area contributed by atoms with E-state index < -0.39 is 0 Å². The molecule has 0 N–H and O–H groups in total. The molecule has 0 spiro atoms. The fourth-order valence-electron chi connectivity index (χ4n) is 7.16. The SMILES string of the molecule is CN1[C@H]2CC[C@H]([C@H]3[C@@H]2[C@H]2CC[C@@H]3N(C)N2C(C)(C)C)N1C(C)(C)C. The van der Waals surface area contributed by atoms with Crippen molar-refractivity contribution < 1.29 is 0 Å². The van der Waals surface area contributed by atoms with Gasteiger partial charge in [-0.2, -0.15) is 0 Å². The summed E-state index contributed by atoms with van der Waals surface area (Å²) in [5.74, 6) is 1.70. The highest BCUT2D eigenvalue weighted by Crippen LogP contribution is 2.56. The van der Waals surface area contributed by atoms with E-state index in [0.717, 1.165) is 36.0 Å². The summed E-state index contributed by atoms with van der Waals surface area (Å²) in [4.78, 5) is 0. The van der Waals surface area contributed by atoms with Gasteiger partial charge in [-0.25, -0.2) is 20.0 Å².